The molecule has 0 radical (unpaired) electrons. The average Bonchev–Trinajstić information content (AvgIpc) is 2.75. The van der Waals surface area contributed by atoms with Gasteiger partial charge in [0.2, 0.25) is 0 Å². The van der Waals surface area contributed by atoms with Gasteiger partial charge in [-0.3, -0.25) is 0 Å². The minimum Gasteiger partial charge on any atom is -0.491 e. The summed E-state index contributed by atoms with van der Waals surface area (Å²) >= 11 is 0. The number of hydrogen-bond donors (Lipinski definition) is 0. The lowest BCUT2D eigenvalue weighted by Gasteiger charge is -2.37. The first-order valence-electron chi connectivity index (χ1n) is 13.0. The van der Waals surface area contributed by atoms with E-state index in [1.807, 2.05) is 0 Å². The zero-order valence-electron chi connectivity index (χ0n) is 19.5. The van der Waals surface area contributed by atoms with Crippen molar-refractivity contribution in [1.29, 1.82) is 0 Å². The highest BCUT2D eigenvalue weighted by Crippen LogP contribution is 2.43. The van der Waals surface area contributed by atoms with Crippen molar-refractivity contribution in [3.63, 3.8) is 0 Å². The Hall–Kier alpha value is -0.763. The van der Waals surface area contributed by atoms with Gasteiger partial charge in [0.25, 0.3) is 0 Å². The van der Waals surface area contributed by atoms with Crippen molar-refractivity contribution in [2.24, 2.45) is 11.8 Å². The molecular weight excluding hydrogens is 368 g/mol. The van der Waals surface area contributed by atoms with Crippen molar-refractivity contribution >= 4 is 8.80 Å². The monoisotopic (exact) mass is 414 g/mol. The van der Waals surface area contributed by atoms with Crippen LogP contribution in [0.5, 0.6) is 5.75 Å². The highest BCUT2D eigenvalue weighted by molar-refractivity contribution is 6.58. The molecule has 0 bridgehead atoms. The smallest absolute Gasteiger partial charge is 0.119 e. The normalized spacial score (nSPS) is 28.8. The van der Waals surface area contributed by atoms with E-state index in [1.165, 1.54) is 51.4 Å². The summed E-state index contributed by atoms with van der Waals surface area (Å²) in [5, 5.41) is 0. The van der Waals surface area contributed by atoms with Crippen molar-refractivity contribution in [3.05, 3.63) is 29.8 Å². The van der Waals surface area contributed by atoms with Crippen LogP contribution in [0.25, 0.3) is 0 Å². The van der Waals surface area contributed by atoms with Gasteiger partial charge in [0.15, 0.2) is 0 Å². The molecule has 0 N–H and O–H groups in total. The number of unbranched alkanes of at least 4 members (excludes halogenated alkanes) is 2. The second-order valence-corrected chi connectivity index (χ2v) is 13.6. The first-order valence-corrected chi connectivity index (χ1v) is 15.4. The Morgan fingerprint density at radius 1 is 0.862 bits per heavy atom. The summed E-state index contributed by atoms with van der Waals surface area (Å²) in [6.45, 7) is 6.74. The summed E-state index contributed by atoms with van der Waals surface area (Å²) in [5.41, 5.74) is 1.55. The van der Waals surface area contributed by atoms with Gasteiger partial charge in [-0.05, 0) is 74.5 Å². The molecule has 164 valence electrons. The predicted octanol–water partition coefficient (Wildman–Crippen LogP) is 8.36. The molecule has 1 nitrogen and oxygen atoms in total. The summed E-state index contributed by atoms with van der Waals surface area (Å²) < 4.78 is 6.04. The molecule has 2 aliphatic rings. The maximum atomic E-state index is 6.04. The van der Waals surface area contributed by atoms with E-state index in [2.05, 4.69) is 45.0 Å². The quantitative estimate of drug-likeness (QED) is 0.276. The van der Waals surface area contributed by atoms with E-state index in [0.29, 0.717) is 6.10 Å². The maximum absolute atomic E-state index is 6.04. The molecule has 1 saturated heterocycles. The molecule has 29 heavy (non-hydrogen) atoms. The van der Waals surface area contributed by atoms with Crippen LogP contribution >= 0.6 is 0 Å². The van der Waals surface area contributed by atoms with Crippen molar-refractivity contribution in [2.75, 3.05) is 0 Å². The molecule has 1 saturated carbocycles. The number of rotatable bonds is 10. The number of ether oxygens (including phenoxy) is 1. The largest absolute Gasteiger partial charge is 0.491 e. The number of hydrogen-bond acceptors (Lipinski definition) is 1. The van der Waals surface area contributed by atoms with Crippen LogP contribution in [0.4, 0.5) is 0 Å². The zero-order chi connectivity index (χ0) is 20.5. The van der Waals surface area contributed by atoms with E-state index in [0.717, 1.165) is 29.9 Å². The molecule has 1 aromatic rings. The van der Waals surface area contributed by atoms with Gasteiger partial charge < -0.3 is 4.74 Å². The third kappa shape index (κ3) is 7.16. The molecular formula is C27H46OSi. The molecule has 3 rings (SSSR count). The highest BCUT2D eigenvalue weighted by Gasteiger charge is 2.31. The molecule has 0 spiro atoms. The predicted molar refractivity (Wildman–Crippen MR) is 130 cm³/mol. The fraction of sp³-hybridized carbons (Fsp3) is 0.778. The van der Waals surface area contributed by atoms with Crippen LogP contribution < -0.4 is 4.74 Å². The lowest BCUT2D eigenvalue weighted by atomic mass is 9.72. The lowest BCUT2D eigenvalue weighted by molar-refractivity contribution is 0.209. The summed E-state index contributed by atoms with van der Waals surface area (Å²) in [6, 6.07) is 14.1. The van der Waals surface area contributed by atoms with Crippen molar-refractivity contribution in [2.45, 2.75) is 122 Å². The Balaban J connectivity index is 1.39. The molecule has 0 unspecified atom stereocenters. The highest BCUT2D eigenvalue weighted by atomic mass is 28.3. The van der Waals surface area contributed by atoms with E-state index in [4.69, 9.17) is 4.74 Å². The Morgan fingerprint density at radius 2 is 1.52 bits per heavy atom. The average molecular weight is 415 g/mol. The molecule has 2 fully saturated rings. The van der Waals surface area contributed by atoms with Crippen LogP contribution in [-0.4, -0.2) is 14.9 Å². The molecule has 1 aromatic carbocycles. The molecule has 1 atom stereocenters. The molecule has 1 aliphatic carbocycles. The van der Waals surface area contributed by atoms with Gasteiger partial charge in [-0.25, -0.2) is 0 Å². The fourth-order valence-electron chi connectivity index (χ4n) is 6.07. The lowest BCUT2D eigenvalue weighted by Crippen LogP contribution is -2.28. The van der Waals surface area contributed by atoms with Gasteiger partial charge >= 0.3 is 0 Å². The van der Waals surface area contributed by atoms with Crippen molar-refractivity contribution < 1.29 is 4.74 Å². The van der Waals surface area contributed by atoms with Crippen LogP contribution in [0.2, 0.25) is 18.1 Å². The van der Waals surface area contributed by atoms with E-state index in [-0.39, 0.29) is 8.80 Å². The Kier molecular flexibility index (Phi) is 9.62. The van der Waals surface area contributed by atoms with Gasteiger partial charge in [0, 0.05) is 8.80 Å². The second-order valence-electron chi connectivity index (χ2n) is 10.2. The van der Waals surface area contributed by atoms with Crippen molar-refractivity contribution in [1.82, 2.24) is 0 Å². The van der Waals surface area contributed by atoms with E-state index in [1.54, 1.807) is 36.5 Å². The van der Waals surface area contributed by atoms with Gasteiger partial charge in [-0.15, -0.1) is 0 Å². The van der Waals surface area contributed by atoms with Gasteiger partial charge in [-0.2, -0.15) is 0 Å². The van der Waals surface area contributed by atoms with Crippen LogP contribution in [0, 0.1) is 11.8 Å². The molecule has 1 aliphatic heterocycles. The number of benzene rings is 1. The molecule has 0 aromatic heterocycles. The summed E-state index contributed by atoms with van der Waals surface area (Å²) in [4.78, 5) is 0. The summed E-state index contributed by atoms with van der Waals surface area (Å²) in [6.07, 6.45) is 16.0. The molecule has 0 amide bonds. The van der Waals surface area contributed by atoms with E-state index < -0.39 is 0 Å². The first-order chi connectivity index (χ1) is 14.2. The third-order valence-electron chi connectivity index (χ3n) is 7.93. The van der Waals surface area contributed by atoms with Crippen LogP contribution in [0.1, 0.15) is 103 Å². The van der Waals surface area contributed by atoms with Crippen LogP contribution in [-0.2, 0) is 0 Å². The summed E-state index contributed by atoms with van der Waals surface area (Å²) in [7, 11) is -0.344. The fourth-order valence-corrected chi connectivity index (χ4v) is 9.60. The Labute approximate surface area is 182 Å². The maximum Gasteiger partial charge on any atom is 0.119 e. The SMILES string of the molecule is CCCCC[Si@H]1CC[C@H](C2CCC(c3ccc(O[C@@H](C)CCC)cc3)CC2)CC1. The Bertz CT molecular complexity index is 552. The zero-order valence-corrected chi connectivity index (χ0v) is 20.7. The summed E-state index contributed by atoms with van der Waals surface area (Å²) in [5.74, 6) is 3.94. The van der Waals surface area contributed by atoms with Crippen LogP contribution in [0.15, 0.2) is 24.3 Å². The van der Waals surface area contributed by atoms with E-state index >= 15 is 0 Å². The Morgan fingerprint density at radius 3 is 2.14 bits per heavy atom. The molecule has 2 heteroatoms. The van der Waals surface area contributed by atoms with Gasteiger partial charge in [0.1, 0.15) is 5.75 Å². The first kappa shape index (κ1) is 22.9. The van der Waals surface area contributed by atoms with Crippen molar-refractivity contribution in [3.8, 4) is 5.75 Å². The minimum atomic E-state index is -0.344. The molecule has 1 heterocycles. The van der Waals surface area contributed by atoms with Crippen LogP contribution in [0.3, 0.4) is 0 Å². The van der Waals surface area contributed by atoms with Gasteiger partial charge in [-0.1, -0.05) is 82.6 Å². The second kappa shape index (κ2) is 12.2. The third-order valence-corrected chi connectivity index (χ3v) is 11.5. The van der Waals surface area contributed by atoms with E-state index in [9.17, 15) is 0 Å². The van der Waals surface area contributed by atoms with Gasteiger partial charge in [0.05, 0.1) is 6.10 Å². The minimum absolute atomic E-state index is 0.325. The topological polar surface area (TPSA) is 9.23 Å². The standard InChI is InChI=1S/C27H46OSi/c1-4-6-7-19-29-20-17-26(18-21-29)24-11-9-23(10-12-24)25-13-15-27(16-14-25)28-22(3)8-5-2/h13-16,22-24,26,29H,4-12,17-21H2,1-3H3/t22-,23?,24?,26-,29-/m0/s1.